The molecule has 7 nitrogen and oxygen atoms in total. The third-order valence-electron chi connectivity index (χ3n) is 5.57. The summed E-state index contributed by atoms with van der Waals surface area (Å²) in [6, 6.07) is -1.43. The molecule has 0 aromatic rings. The molecule has 0 saturated carbocycles. The zero-order chi connectivity index (χ0) is 22.5. The van der Waals surface area contributed by atoms with Crippen molar-refractivity contribution in [2.75, 3.05) is 52.9 Å². The van der Waals surface area contributed by atoms with Crippen molar-refractivity contribution in [3.05, 3.63) is 0 Å². The molecule has 2 aliphatic rings. The standard InChI is InChI=1S/C20H36F3N5O2/c1-15(20(21,22)23)26-9-11-27(12-10-26)17(24-5)25-13-16-7-6-8-28(14-16)18(29)30-19(2,3)4/h15-16H,6-14H2,1-5H3,(H,24,25). The molecule has 2 fully saturated rings. The molecular weight excluding hydrogens is 399 g/mol. The first-order valence-corrected chi connectivity index (χ1v) is 10.6. The first-order chi connectivity index (χ1) is 13.9. The van der Waals surface area contributed by atoms with Crippen LogP contribution in [0.1, 0.15) is 40.5 Å². The second-order valence-corrected chi connectivity index (χ2v) is 9.10. The fourth-order valence-corrected chi connectivity index (χ4v) is 3.82. The Morgan fingerprint density at radius 1 is 1.13 bits per heavy atom. The summed E-state index contributed by atoms with van der Waals surface area (Å²) in [4.78, 5) is 21.8. The second-order valence-electron chi connectivity index (χ2n) is 9.10. The summed E-state index contributed by atoms with van der Waals surface area (Å²) in [6.07, 6.45) is -2.58. The van der Waals surface area contributed by atoms with E-state index in [1.807, 2.05) is 25.7 Å². The number of hydrogen-bond acceptors (Lipinski definition) is 4. The highest BCUT2D eigenvalue weighted by molar-refractivity contribution is 5.80. The number of ether oxygens (including phenoxy) is 1. The van der Waals surface area contributed by atoms with Gasteiger partial charge in [0, 0.05) is 52.9 Å². The van der Waals surface area contributed by atoms with E-state index in [1.54, 1.807) is 11.9 Å². The summed E-state index contributed by atoms with van der Waals surface area (Å²) < 4.78 is 44.3. The molecule has 2 rings (SSSR count). The molecule has 0 aromatic heterocycles. The number of amides is 1. The number of nitrogens with zero attached hydrogens (tertiary/aromatic N) is 4. The maximum absolute atomic E-state index is 12.9. The van der Waals surface area contributed by atoms with E-state index in [-0.39, 0.29) is 12.0 Å². The molecule has 0 aromatic carbocycles. The zero-order valence-electron chi connectivity index (χ0n) is 18.8. The van der Waals surface area contributed by atoms with E-state index in [2.05, 4.69) is 10.3 Å². The Morgan fingerprint density at radius 3 is 2.30 bits per heavy atom. The van der Waals surface area contributed by atoms with Crippen molar-refractivity contribution in [1.82, 2.24) is 20.0 Å². The van der Waals surface area contributed by atoms with Gasteiger partial charge in [-0.15, -0.1) is 0 Å². The van der Waals surface area contributed by atoms with Gasteiger partial charge in [0.1, 0.15) is 11.6 Å². The van der Waals surface area contributed by atoms with Crippen LogP contribution >= 0.6 is 0 Å². The van der Waals surface area contributed by atoms with Crippen molar-refractivity contribution in [2.24, 2.45) is 10.9 Å². The summed E-state index contributed by atoms with van der Waals surface area (Å²) >= 11 is 0. The number of nitrogens with one attached hydrogen (secondary N) is 1. The lowest BCUT2D eigenvalue weighted by molar-refractivity contribution is -0.181. The number of piperidine rings is 1. The quantitative estimate of drug-likeness (QED) is 0.546. The van der Waals surface area contributed by atoms with E-state index in [4.69, 9.17) is 4.74 Å². The van der Waals surface area contributed by atoms with Crippen LogP contribution in [0, 0.1) is 5.92 Å². The Bertz CT molecular complexity index is 598. The zero-order valence-corrected chi connectivity index (χ0v) is 18.8. The van der Waals surface area contributed by atoms with Gasteiger partial charge >= 0.3 is 12.3 Å². The van der Waals surface area contributed by atoms with E-state index < -0.39 is 17.8 Å². The minimum Gasteiger partial charge on any atom is -0.444 e. The highest BCUT2D eigenvalue weighted by Crippen LogP contribution is 2.25. The summed E-state index contributed by atoms with van der Waals surface area (Å²) in [5.74, 6) is 0.971. The number of alkyl halides is 3. The molecule has 30 heavy (non-hydrogen) atoms. The molecular formula is C20H36F3N5O2. The predicted molar refractivity (Wildman–Crippen MR) is 111 cm³/mol. The van der Waals surface area contributed by atoms with E-state index in [1.165, 1.54) is 11.8 Å². The molecule has 0 bridgehead atoms. The number of piperazine rings is 1. The monoisotopic (exact) mass is 435 g/mol. The predicted octanol–water partition coefficient (Wildman–Crippen LogP) is 2.78. The second kappa shape index (κ2) is 10.1. The molecule has 0 aliphatic carbocycles. The van der Waals surface area contributed by atoms with E-state index in [0.29, 0.717) is 51.8 Å². The number of halogens is 3. The number of aliphatic imine (C=N–C) groups is 1. The fourth-order valence-electron chi connectivity index (χ4n) is 3.82. The molecule has 2 aliphatic heterocycles. The molecule has 2 heterocycles. The number of hydrogen-bond donors (Lipinski definition) is 1. The van der Waals surface area contributed by atoms with Gasteiger partial charge in [0.2, 0.25) is 0 Å². The van der Waals surface area contributed by atoms with Crippen molar-refractivity contribution in [3.8, 4) is 0 Å². The molecule has 0 spiro atoms. The van der Waals surface area contributed by atoms with Crippen LogP contribution < -0.4 is 5.32 Å². The molecule has 174 valence electrons. The van der Waals surface area contributed by atoms with Crippen molar-refractivity contribution in [1.29, 1.82) is 0 Å². The van der Waals surface area contributed by atoms with Gasteiger partial charge in [0.15, 0.2) is 5.96 Å². The number of carbonyl (C=O) groups excluding carboxylic acids is 1. The molecule has 1 amide bonds. The van der Waals surface area contributed by atoms with Gasteiger partial charge in [-0.1, -0.05) is 0 Å². The van der Waals surface area contributed by atoms with E-state index >= 15 is 0 Å². The van der Waals surface area contributed by atoms with Crippen LogP contribution in [0.25, 0.3) is 0 Å². The summed E-state index contributed by atoms with van der Waals surface area (Å²) in [5, 5.41) is 3.35. The molecule has 10 heteroatoms. The van der Waals surface area contributed by atoms with E-state index in [0.717, 1.165) is 12.8 Å². The van der Waals surface area contributed by atoms with Gasteiger partial charge in [-0.05, 0) is 46.5 Å². The molecule has 2 unspecified atom stereocenters. The lowest BCUT2D eigenvalue weighted by Crippen LogP contribution is -2.57. The first kappa shape index (κ1) is 24.6. The number of carbonyl (C=O) groups is 1. The summed E-state index contributed by atoms with van der Waals surface area (Å²) in [7, 11) is 1.68. The van der Waals surface area contributed by atoms with Gasteiger partial charge in [0.05, 0.1) is 0 Å². The molecule has 0 radical (unpaired) electrons. The van der Waals surface area contributed by atoms with Crippen LogP contribution in [0.3, 0.4) is 0 Å². The van der Waals surface area contributed by atoms with Gasteiger partial charge in [-0.3, -0.25) is 9.89 Å². The Labute approximate surface area is 177 Å². The largest absolute Gasteiger partial charge is 0.444 e. The third kappa shape index (κ3) is 7.21. The first-order valence-electron chi connectivity index (χ1n) is 10.6. The Hall–Kier alpha value is -1.71. The average molecular weight is 436 g/mol. The molecule has 2 atom stereocenters. The summed E-state index contributed by atoms with van der Waals surface area (Å²) in [5.41, 5.74) is -0.518. The number of likely N-dealkylation sites (tertiary alicyclic amines) is 1. The highest BCUT2D eigenvalue weighted by Gasteiger charge is 2.41. The van der Waals surface area contributed by atoms with Crippen molar-refractivity contribution in [3.63, 3.8) is 0 Å². The fraction of sp³-hybridized carbons (Fsp3) is 0.900. The minimum absolute atomic E-state index is 0.273. The number of rotatable bonds is 3. The maximum atomic E-state index is 12.9. The SMILES string of the molecule is CN=C(NCC1CCCN(C(=O)OC(C)(C)C)C1)N1CCN(C(C)C(F)(F)F)CC1. The minimum atomic E-state index is -4.21. The molecule has 2 saturated heterocycles. The van der Waals surface area contributed by atoms with Crippen LogP contribution in [0.2, 0.25) is 0 Å². The normalized spacial score (nSPS) is 23.3. The van der Waals surface area contributed by atoms with Gasteiger partial charge in [-0.2, -0.15) is 13.2 Å². The third-order valence-corrected chi connectivity index (χ3v) is 5.57. The van der Waals surface area contributed by atoms with Crippen LogP contribution in [0.15, 0.2) is 4.99 Å². The molecule has 1 N–H and O–H groups in total. The van der Waals surface area contributed by atoms with Crippen LogP contribution in [0.4, 0.5) is 18.0 Å². The highest BCUT2D eigenvalue weighted by atomic mass is 19.4. The van der Waals surface area contributed by atoms with Gasteiger partial charge in [-0.25, -0.2) is 4.79 Å². The van der Waals surface area contributed by atoms with Crippen molar-refractivity contribution < 1.29 is 22.7 Å². The summed E-state index contributed by atoms with van der Waals surface area (Å²) in [6.45, 7) is 10.4. The van der Waals surface area contributed by atoms with Gasteiger partial charge < -0.3 is 19.9 Å². The van der Waals surface area contributed by atoms with Crippen LogP contribution in [0.5, 0.6) is 0 Å². The van der Waals surface area contributed by atoms with Gasteiger partial charge in [0.25, 0.3) is 0 Å². The number of guanidine groups is 1. The van der Waals surface area contributed by atoms with Crippen molar-refractivity contribution in [2.45, 2.75) is 58.4 Å². The Kier molecular flexibility index (Phi) is 8.24. The Morgan fingerprint density at radius 2 is 1.77 bits per heavy atom. The van der Waals surface area contributed by atoms with E-state index in [9.17, 15) is 18.0 Å². The average Bonchev–Trinajstić information content (AvgIpc) is 2.66. The Balaban J connectivity index is 1.81. The van der Waals surface area contributed by atoms with Crippen molar-refractivity contribution >= 4 is 12.1 Å². The lowest BCUT2D eigenvalue weighted by Gasteiger charge is -2.40. The van der Waals surface area contributed by atoms with Crippen LogP contribution in [-0.2, 0) is 4.74 Å². The maximum Gasteiger partial charge on any atom is 0.410 e. The lowest BCUT2D eigenvalue weighted by atomic mass is 9.98. The topological polar surface area (TPSA) is 60.4 Å². The van der Waals surface area contributed by atoms with Crippen LogP contribution in [-0.4, -0.2) is 97.4 Å². The smallest absolute Gasteiger partial charge is 0.410 e.